The zero-order valence-electron chi connectivity index (χ0n) is 9.74. The summed E-state index contributed by atoms with van der Waals surface area (Å²) in [6.45, 7) is 4.34. The number of nitrogens with zero attached hydrogens (tertiary/aromatic N) is 1. The Labute approximate surface area is 98.2 Å². The lowest BCUT2D eigenvalue weighted by Gasteiger charge is -2.16. The summed E-state index contributed by atoms with van der Waals surface area (Å²) in [6.07, 6.45) is 3.32. The molecular weight excluding hydrogens is 237 g/mol. The van der Waals surface area contributed by atoms with Crippen LogP contribution in [0.15, 0.2) is 24.4 Å². The zero-order chi connectivity index (χ0) is 13.9. The number of halogens is 3. The van der Waals surface area contributed by atoms with Crippen molar-refractivity contribution >= 4 is 5.97 Å². The minimum Gasteiger partial charge on any atom is -0.475 e. The van der Waals surface area contributed by atoms with Gasteiger partial charge in [0.2, 0.25) is 0 Å². The van der Waals surface area contributed by atoms with E-state index in [1.807, 2.05) is 0 Å². The summed E-state index contributed by atoms with van der Waals surface area (Å²) >= 11 is 0. The van der Waals surface area contributed by atoms with E-state index in [0.717, 1.165) is 13.1 Å². The van der Waals surface area contributed by atoms with Gasteiger partial charge in [-0.1, -0.05) is 12.2 Å². The number of carboxylic acids is 1. The number of hydrogen-bond donors (Lipinski definition) is 2. The molecule has 17 heavy (non-hydrogen) atoms. The Hall–Kier alpha value is -1.50. The standard InChI is InChI=1S/C7H11N.C2HF3O2.CH5N/c1-2-8-6-4-3-5-7-8;3-2(4,5)1(6)7;1-2/h3-6H,2,7H2,1H3;(H,6,7);2H2,1H3. The van der Waals surface area contributed by atoms with Gasteiger partial charge in [0, 0.05) is 13.1 Å². The molecule has 1 aliphatic rings. The van der Waals surface area contributed by atoms with E-state index in [1.165, 1.54) is 7.05 Å². The molecule has 0 saturated heterocycles. The molecule has 100 valence electrons. The molecule has 4 nitrogen and oxygen atoms in total. The van der Waals surface area contributed by atoms with E-state index in [4.69, 9.17) is 9.90 Å². The Morgan fingerprint density at radius 2 is 1.88 bits per heavy atom. The third-order valence-electron chi connectivity index (χ3n) is 1.53. The fourth-order valence-corrected chi connectivity index (χ4v) is 0.742. The van der Waals surface area contributed by atoms with Gasteiger partial charge in [-0.2, -0.15) is 13.2 Å². The van der Waals surface area contributed by atoms with Gasteiger partial charge in [-0.25, -0.2) is 4.79 Å². The molecule has 0 radical (unpaired) electrons. The lowest BCUT2D eigenvalue weighted by atomic mass is 10.3. The predicted molar refractivity (Wildman–Crippen MR) is 59.3 cm³/mol. The second-order valence-corrected chi connectivity index (χ2v) is 2.66. The first kappa shape index (κ1) is 17.9. The Bertz CT molecular complexity index is 263. The highest BCUT2D eigenvalue weighted by Gasteiger charge is 2.38. The summed E-state index contributed by atoms with van der Waals surface area (Å²) in [7, 11) is 1.50. The summed E-state index contributed by atoms with van der Waals surface area (Å²) in [6, 6.07) is 0. The SMILES string of the molecule is CCN1C=CC=CC1.CN.O=C(O)C(F)(F)F. The number of carbonyl (C=O) groups is 1. The average molecular weight is 254 g/mol. The van der Waals surface area contributed by atoms with Gasteiger partial charge in [-0.15, -0.1) is 0 Å². The van der Waals surface area contributed by atoms with E-state index in [1.54, 1.807) is 0 Å². The first-order valence-corrected chi connectivity index (χ1v) is 4.83. The predicted octanol–water partition coefficient (Wildman–Crippen LogP) is 1.60. The number of alkyl halides is 3. The molecule has 0 spiro atoms. The highest BCUT2D eigenvalue weighted by atomic mass is 19.4. The third-order valence-corrected chi connectivity index (χ3v) is 1.53. The van der Waals surface area contributed by atoms with Gasteiger partial charge in [0.05, 0.1) is 0 Å². The molecule has 0 amide bonds. The van der Waals surface area contributed by atoms with E-state index in [0.29, 0.717) is 0 Å². The van der Waals surface area contributed by atoms with Crippen molar-refractivity contribution in [3.8, 4) is 0 Å². The van der Waals surface area contributed by atoms with E-state index < -0.39 is 12.1 Å². The molecule has 0 aromatic rings. The smallest absolute Gasteiger partial charge is 0.475 e. The summed E-state index contributed by atoms with van der Waals surface area (Å²) in [5.74, 6) is -2.76. The topological polar surface area (TPSA) is 66.6 Å². The second kappa shape index (κ2) is 9.71. The molecule has 7 heteroatoms. The molecule has 1 rings (SSSR count). The number of allylic oxidation sites excluding steroid dienone is 2. The first-order valence-electron chi connectivity index (χ1n) is 4.83. The van der Waals surface area contributed by atoms with E-state index >= 15 is 0 Å². The highest BCUT2D eigenvalue weighted by molar-refractivity contribution is 5.73. The number of nitrogens with two attached hydrogens (primary N) is 1. The van der Waals surface area contributed by atoms with Crippen LogP contribution in [-0.4, -0.2) is 42.3 Å². The maximum absolute atomic E-state index is 10.6. The van der Waals surface area contributed by atoms with Crippen LogP contribution >= 0.6 is 0 Å². The maximum atomic E-state index is 10.6. The molecular formula is C10H17F3N2O2. The Morgan fingerprint density at radius 3 is 2.06 bits per heavy atom. The van der Waals surface area contributed by atoms with Crippen LogP contribution in [0.2, 0.25) is 0 Å². The van der Waals surface area contributed by atoms with Crippen molar-refractivity contribution in [2.24, 2.45) is 5.73 Å². The number of rotatable bonds is 1. The number of carboxylic acid groups (broad SMARTS) is 1. The van der Waals surface area contributed by atoms with Crippen molar-refractivity contribution < 1.29 is 23.1 Å². The first-order chi connectivity index (χ1) is 7.88. The number of likely N-dealkylation sites (N-methyl/N-ethyl adjacent to an activating group) is 1. The molecule has 0 atom stereocenters. The zero-order valence-corrected chi connectivity index (χ0v) is 9.74. The van der Waals surface area contributed by atoms with Crippen LogP contribution in [-0.2, 0) is 4.79 Å². The van der Waals surface area contributed by atoms with Crippen LogP contribution in [0.5, 0.6) is 0 Å². The van der Waals surface area contributed by atoms with E-state index in [9.17, 15) is 13.2 Å². The average Bonchev–Trinajstić information content (AvgIpc) is 2.32. The lowest BCUT2D eigenvalue weighted by molar-refractivity contribution is -0.192. The van der Waals surface area contributed by atoms with Crippen LogP contribution in [0, 0.1) is 0 Å². The van der Waals surface area contributed by atoms with Gasteiger partial charge in [0.1, 0.15) is 0 Å². The highest BCUT2D eigenvalue weighted by Crippen LogP contribution is 2.13. The molecule has 0 fully saturated rings. The fraction of sp³-hybridized carbons (Fsp3) is 0.500. The van der Waals surface area contributed by atoms with Gasteiger partial charge in [-0.05, 0) is 26.2 Å². The lowest BCUT2D eigenvalue weighted by Crippen LogP contribution is -2.21. The minimum atomic E-state index is -5.08. The largest absolute Gasteiger partial charge is 0.490 e. The molecule has 0 aromatic heterocycles. The Balaban J connectivity index is 0. The van der Waals surface area contributed by atoms with Crippen molar-refractivity contribution in [3.05, 3.63) is 24.4 Å². The van der Waals surface area contributed by atoms with Gasteiger partial charge in [0.15, 0.2) is 0 Å². The molecule has 1 aliphatic heterocycles. The molecule has 0 saturated carbocycles. The summed E-state index contributed by atoms with van der Waals surface area (Å²) in [5.41, 5.74) is 4.50. The van der Waals surface area contributed by atoms with Crippen molar-refractivity contribution in [1.82, 2.24) is 4.90 Å². The van der Waals surface area contributed by atoms with Crippen molar-refractivity contribution in [3.63, 3.8) is 0 Å². The number of aliphatic carboxylic acids is 1. The monoisotopic (exact) mass is 254 g/mol. The van der Waals surface area contributed by atoms with Crippen LogP contribution in [0.1, 0.15) is 6.92 Å². The molecule has 0 unspecified atom stereocenters. The Morgan fingerprint density at radius 1 is 1.41 bits per heavy atom. The van der Waals surface area contributed by atoms with Gasteiger partial charge >= 0.3 is 12.1 Å². The molecule has 3 N–H and O–H groups in total. The van der Waals surface area contributed by atoms with E-state index in [-0.39, 0.29) is 0 Å². The Kier molecular flexibility index (Phi) is 10.2. The quantitative estimate of drug-likeness (QED) is 0.746. The number of hydrogen-bond acceptors (Lipinski definition) is 3. The second-order valence-electron chi connectivity index (χ2n) is 2.66. The van der Waals surface area contributed by atoms with Crippen molar-refractivity contribution in [2.45, 2.75) is 13.1 Å². The van der Waals surface area contributed by atoms with E-state index in [2.05, 4.69) is 42.0 Å². The van der Waals surface area contributed by atoms with Gasteiger partial charge in [-0.3, -0.25) is 0 Å². The van der Waals surface area contributed by atoms with Crippen molar-refractivity contribution in [2.75, 3.05) is 20.1 Å². The summed E-state index contributed by atoms with van der Waals surface area (Å²) in [5, 5.41) is 7.12. The molecule has 0 bridgehead atoms. The minimum absolute atomic E-state index is 1.08. The fourth-order valence-electron chi connectivity index (χ4n) is 0.742. The van der Waals surface area contributed by atoms with Crippen LogP contribution < -0.4 is 5.73 Å². The van der Waals surface area contributed by atoms with Crippen molar-refractivity contribution in [1.29, 1.82) is 0 Å². The van der Waals surface area contributed by atoms with Crippen LogP contribution in [0.3, 0.4) is 0 Å². The summed E-state index contributed by atoms with van der Waals surface area (Å²) < 4.78 is 31.7. The summed E-state index contributed by atoms with van der Waals surface area (Å²) in [4.78, 5) is 11.1. The molecule has 0 aromatic carbocycles. The van der Waals surface area contributed by atoms with Gasteiger partial charge < -0.3 is 15.7 Å². The van der Waals surface area contributed by atoms with Crippen LogP contribution in [0.25, 0.3) is 0 Å². The molecule has 1 heterocycles. The van der Waals surface area contributed by atoms with Gasteiger partial charge in [0.25, 0.3) is 0 Å². The molecule has 0 aliphatic carbocycles. The normalized spacial score (nSPS) is 13.2. The van der Waals surface area contributed by atoms with Crippen LogP contribution in [0.4, 0.5) is 13.2 Å². The maximum Gasteiger partial charge on any atom is 0.490 e. The third kappa shape index (κ3) is 10.8.